The summed E-state index contributed by atoms with van der Waals surface area (Å²) < 4.78 is 0. The first kappa shape index (κ1) is 10.9. The minimum atomic E-state index is -0.177. The van der Waals surface area contributed by atoms with Gasteiger partial charge in [-0.1, -0.05) is 12.8 Å². The van der Waals surface area contributed by atoms with Crippen LogP contribution in [0.1, 0.15) is 51.9 Å². The van der Waals surface area contributed by atoms with E-state index in [1.807, 2.05) is 0 Å². The zero-order valence-electron chi connectivity index (χ0n) is 9.59. The molecule has 0 aliphatic heterocycles. The zero-order valence-corrected chi connectivity index (χ0v) is 9.59. The van der Waals surface area contributed by atoms with Crippen LogP contribution in [-0.4, -0.2) is 17.5 Å². The lowest BCUT2D eigenvalue weighted by molar-refractivity contribution is -0.123. The third-order valence-corrected chi connectivity index (χ3v) is 3.65. The van der Waals surface area contributed by atoms with Crippen molar-refractivity contribution in [1.82, 2.24) is 5.32 Å². The molecule has 3 nitrogen and oxygen atoms in total. The van der Waals surface area contributed by atoms with Gasteiger partial charge in [0.1, 0.15) is 0 Å². The molecule has 0 radical (unpaired) electrons. The van der Waals surface area contributed by atoms with Crippen molar-refractivity contribution < 1.29 is 4.79 Å². The molecule has 2 saturated carbocycles. The molecule has 3 N–H and O–H groups in total. The molecular formula is C12H22N2O. The lowest BCUT2D eigenvalue weighted by Gasteiger charge is -2.37. The number of nitrogens with two attached hydrogens (primary N) is 1. The molecule has 2 fully saturated rings. The van der Waals surface area contributed by atoms with E-state index in [4.69, 9.17) is 5.73 Å². The summed E-state index contributed by atoms with van der Waals surface area (Å²) in [6.07, 6.45) is 7.56. The largest absolute Gasteiger partial charge is 0.354 e. The fourth-order valence-electron chi connectivity index (χ4n) is 2.37. The van der Waals surface area contributed by atoms with Gasteiger partial charge in [0.05, 0.1) is 0 Å². The Bertz CT molecular complexity index is 244. The minimum absolute atomic E-state index is 0.144. The Kier molecular flexibility index (Phi) is 3.01. The molecule has 0 bridgehead atoms. The van der Waals surface area contributed by atoms with Crippen LogP contribution in [0.3, 0.4) is 0 Å². The number of nitrogens with one attached hydrogen (secondary N) is 1. The number of amides is 1. The van der Waals surface area contributed by atoms with E-state index >= 15 is 0 Å². The summed E-state index contributed by atoms with van der Waals surface area (Å²) in [5, 5.41) is 3.06. The molecule has 2 aliphatic carbocycles. The van der Waals surface area contributed by atoms with Crippen LogP contribution < -0.4 is 11.1 Å². The van der Waals surface area contributed by atoms with Crippen molar-refractivity contribution in [3.63, 3.8) is 0 Å². The molecule has 1 unspecified atom stereocenters. The minimum Gasteiger partial charge on any atom is -0.354 e. The van der Waals surface area contributed by atoms with Crippen LogP contribution in [0.2, 0.25) is 0 Å². The molecule has 2 aliphatic rings. The highest BCUT2D eigenvalue weighted by molar-refractivity contribution is 5.77. The summed E-state index contributed by atoms with van der Waals surface area (Å²) in [4.78, 5) is 11.7. The first-order valence-corrected chi connectivity index (χ1v) is 6.16. The van der Waals surface area contributed by atoms with E-state index in [1.54, 1.807) is 0 Å². The molecule has 0 aromatic carbocycles. The van der Waals surface area contributed by atoms with E-state index in [1.165, 1.54) is 19.3 Å². The topological polar surface area (TPSA) is 55.1 Å². The molecule has 0 heterocycles. The summed E-state index contributed by atoms with van der Waals surface area (Å²) in [5.41, 5.74) is 5.86. The maximum Gasteiger partial charge on any atom is 0.222 e. The van der Waals surface area contributed by atoms with Gasteiger partial charge in [-0.25, -0.2) is 0 Å². The zero-order chi connectivity index (χ0) is 10.9. The van der Waals surface area contributed by atoms with Crippen LogP contribution in [0.5, 0.6) is 0 Å². The average molecular weight is 210 g/mol. The summed E-state index contributed by atoms with van der Waals surface area (Å²) in [7, 11) is 0. The Labute approximate surface area is 91.8 Å². The lowest BCUT2D eigenvalue weighted by Crippen LogP contribution is -2.50. The van der Waals surface area contributed by atoms with Crippen molar-refractivity contribution in [2.45, 2.75) is 63.5 Å². The van der Waals surface area contributed by atoms with Crippen LogP contribution in [-0.2, 0) is 4.79 Å². The van der Waals surface area contributed by atoms with Crippen LogP contribution in [0, 0.1) is 5.92 Å². The maximum absolute atomic E-state index is 11.7. The van der Waals surface area contributed by atoms with E-state index in [2.05, 4.69) is 12.2 Å². The van der Waals surface area contributed by atoms with Crippen LogP contribution in [0.4, 0.5) is 0 Å². The molecule has 1 atom stereocenters. The predicted octanol–water partition coefficient (Wildman–Crippen LogP) is 1.56. The van der Waals surface area contributed by atoms with Gasteiger partial charge in [-0.3, -0.25) is 4.79 Å². The lowest BCUT2D eigenvalue weighted by atomic mass is 9.75. The number of carbonyl (C=O) groups is 1. The fraction of sp³-hybridized carbons (Fsp3) is 0.917. The Morgan fingerprint density at radius 2 is 2.20 bits per heavy atom. The smallest absolute Gasteiger partial charge is 0.222 e. The van der Waals surface area contributed by atoms with Gasteiger partial charge in [-0.15, -0.1) is 0 Å². The second-order valence-electron chi connectivity index (χ2n) is 5.54. The molecular weight excluding hydrogens is 188 g/mol. The summed E-state index contributed by atoms with van der Waals surface area (Å²) >= 11 is 0. The SMILES string of the molecule is CC(CC1CC1)NC(=O)CC1(N)CCC1. The first-order valence-electron chi connectivity index (χ1n) is 6.16. The van der Waals surface area contributed by atoms with Gasteiger partial charge in [0.2, 0.25) is 5.91 Å². The second-order valence-corrected chi connectivity index (χ2v) is 5.54. The number of carbonyl (C=O) groups excluding carboxylic acids is 1. The summed E-state index contributed by atoms with van der Waals surface area (Å²) in [6, 6.07) is 0.327. The molecule has 86 valence electrons. The van der Waals surface area contributed by atoms with E-state index in [9.17, 15) is 4.79 Å². The molecule has 0 saturated heterocycles. The first-order chi connectivity index (χ1) is 7.07. The van der Waals surface area contributed by atoms with Crippen molar-refractivity contribution >= 4 is 5.91 Å². The predicted molar refractivity (Wildman–Crippen MR) is 60.3 cm³/mol. The van der Waals surface area contributed by atoms with Gasteiger partial charge in [-0.2, -0.15) is 0 Å². The van der Waals surface area contributed by atoms with Gasteiger partial charge in [-0.05, 0) is 38.5 Å². The van der Waals surface area contributed by atoms with E-state index in [-0.39, 0.29) is 11.4 Å². The molecule has 15 heavy (non-hydrogen) atoms. The molecule has 2 rings (SSSR count). The third-order valence-electron chi connectivity index (χ3n) is 3.65. The normalized spacial score (nSPS) is 25.5. The molecule has 0 aromatic rings. The average Bonchev–Trinajstić information content (AvgIpc) is 2.84. The number of hydrogen-bond acceptors (Lipinski definition) is 2. The highest BCUT2D eigenvalue weighted by Crippen LogP contribution is 2.34. The number of hydrogen-bond donors (Lipinski definition) is 2. The van der Waals surface area contributed by atoms with Crippen molar-refractivity contribution in [2.75, 3.05) is 0 Å². The van der Waals surface area contributed by atoms with E-state index < -0.39 is 0 Å². The van der Waals surface area contributed by atoms with Gasteiger partial charge in [0, 0.05) is 18.0 Å². The van der Waals surface area contributed by atoms with Gasteiger partial charge in [0.15, 0.2) is 0 Å². The maximum atomic E-state index is 11.7. The molecule has 1 amide bonds. The van der Waals surface area contributed by atoms with E-state index in [0.717, 1.165) is 25.2 Å². The second kappa shape index (κ2) is 4.12. The van der Waals surface area contributed by atoms with Gasteiger partial charge < -0.3 is 11.1 Å². The van der Waals surface area contributed by atoms with Crippen LogP contribution in [0.15, 0.2) is 0 Å². The van der Waals surface area contributed by atoms with Crippen molar-refractivity contribution in [3.8, 4) is 0 Å². The Balaban J connectivity index is 1.66. The Hall–Kier alpha value is -0.570. The highest BCUT2D eigenvalue weighted by Gasteiger charge is 2.35. The van der Waals surface area contributed by atoms with Crippen molar-refractivity contribution in [2.24, 2.45) is 11.7 Å². The van der Waals surface area contributed by atoms with Gasteiger partial charge in [0.25, 0.3) is 0 Å². The van der Waals surface area contributed by atoms with Crippen molar-refractivity contribution in [3.05, 3.63) is 0 Å². The van der Waals surface area contributed by atoms with E-state index in [0.29, 0.717) is 12.5 Å². The third kappa shape index (κ3) is 3.20. The molecule has 3 heteroatoms. The summed E-state index contributed by atoms with van der Waals surface area (Å²) in [5.74, 6) is 1.01. The van der Waals surface area contributed by atoms with Crippen LogP contribution in [0.25, 0.3) is 0 Å². The summed E-state index contributed by atoms with van der Waals surface area (Å²) in [6.45, 7) is 2.10. The number of rotatable bonds is 5. The fourth-order valence-corrected chi connectivity index (χ4v) is 2.37. The molecule has 0 spiro atoms. The standard InChI is InChI=1S/C12H22N2O/c1-9(7-10-3-4-10)14-11(15)8-12(13)5-2-6-12/h9-10H,2-8,13H2,1H3,(H,14,15). The Morgan fingerprint density at radius 1 is 1.53 bits per heavy atom. The van der Waals surface area contributed by atoms with Crippen LogP contribution >= 0.6 is 0 Å². The highest BCUT2D eigenvalue weighted by atomic mass is 16.1. The molecule has 0 aromatic heterocycles. The monoisotopic (exact) mass is 210 g/mol. The Morgan fingerprint density at radius 3 is 2.67 bits per heavy atom. The quantitative estimate of drug-likeness (QED) is 0.723. The van der Waals surface area contributed by atoms with Gasteiger partial charge >= 0.3 is 0 Å². The van der Waals surface area contributed by atoms with Crippen molar-refractivity contribution in [1.29, 1.82) is 0 Å².